The first-order valence-electron chi connectivity index (χ1n) is 6.41. The molecule has 19 heavy (non-hydrogen) atoms. The van der Waals surface area contributed by atoms with E-state index in [4.69, 9.17) is 16.7 Å². The van der Waals surface area contributed by atoms with Gasteiger partial charge in [0.05, 0.1) is 12.6 Å². The number of aliphatic hydroxyl groups is 1. The van der Waals surface area contributed by atoms with Crippen molar-refractivity contribution in [1.29, 1.82) is 0 Å². The molecule has 0 saturated carbocycles. The number of piperidine rings is 1. The highest BCUT2D eigenvalue weighted by Crippen LogP contribution is 2.22. The highest BCUT2D eigenvalue weighted by Gasteiger charge is 2.28. The fourth-order valence-corrected chi connectivity index (χ4v) is 2.68. The molecule has 1 aliphatic heterocycles. The van der Waals surface area contributed by atoms with Gasteiger partial charge in [-0.15, -0.1) is 0 Å². The number of carboxylic acid groups (broad SMARTS) is 1. The summed E-state index contributed by atoms with van der Waals surface area (Å²) in [5.74, 6) is -0.740. The third kappa shape index (κ3) is 4.20. The lowest BCUT2D eigenvalue weighted by molar-refractivity contribution is -0.139. The number of carbonyl (C=O) groups is 1. The maximum Gasteiger partial charge on any atom is 0.317 e. The number of rotatable bonds is 4. The van der Waals surface area contributed by atoms with Gasteiger partial charge >= 0.3 is 5.97 Å². The maximum atomic E-state index is 10.7. The second-order valence-corrected chi connectivity index (χ2v) is 5.51. The smallest absolute Gasteiger partial charge is 0.317 e. The van der Waals surface area contributed by atoms with Crippen molar-refractivity contribution in [2.75, 3.05) is 19.6 Å². The first kappa shape index (κ1) is 14.3. The number of aliphatic carboxylic acids is 1. The van der Waals surface area contributed by atoms with Crippen LogP contribution in [0.4, 0.5) is 0 Å². The number of likely N-dealkylation sites (tertiary alicyclic amines) is 1. The van der Waals surface area contributed by atoms with E-state index in [-0.39, 0.29) is 18.6 Å². The molecule has 1 saturated heterocycles. The van der Waals surface area contributed by atoms with Crippen LogP contribution in [0.5, 0.6) is 0 Å². The molecule has 0 bridgehead atoms. The Bertz CT molecular complexity index is 435. The van der Waals surface area contributed by atoms with Gasteiger partial charge in [0.25, 0.3) is 0 Å². The van der Waals surface area contributed by atoms with Gasteiger partial charge in [0.2, 0.25) is 0 Å². The number of nitrogens with zero attached hydrogens (tertiary/aromatic N) is 1. The van der Waals surface area contributed by atoms with Gasteiger partial charge < -0.3 is 10.2 Å². The number of aliphatic hydroxyl groups excluding tert-OH is 1. The summed E-state index contributed by atoms with van der Waals surface area (Å²) in [5.41, 5.74) is 1.12. The molecule has 0 radical (unpaired) electrons. The molecule has 4 nitrogen and oxygen atoms in total. The minimum absolute atomic E-state index is 0.0455. The van der Waals surface area contributed by atoms with Crippen LogP contribution in [-0.4, -0.2) is 46.8 Å². The Morgan fingerprint density at radius 2 is 2.05 bits per heavy atom. The van der Waals surface area contributed by atoms with Crippen LogP contribution in [0.1, 0.15) is 12.0 Å². The largest absolute Gasteiger partial charge is 0.480 e. The third-order valence-corrected chi connectivity index (χ3v) is 3.80. The van der Waals surface area contributed by atoms with Crippen molar-refractivity contribution in [1.82, 2.24) is 4.90 Å². The average molecular weight is 284 g/mol. The molecule has 0 aromatic heterocycles. The standard InChI is InChI=1S/C14H18ClNO3/c15-12-3-1-10(2-4-12)7-11-8-16(9-14(18)19)6-5-13(11)17/h1-4,11,13,17H,5-9H2,(H,18,19)/t11-,13-/m1/s1. The minimum atomic E-state index is -0.818. The monoisotopic (exact) mass is 283 g/mol. The van der Waals surface area contributed by atoms with E-state index >= 15 is 0 Å². The zero-order valence-electron chi connectivity index (χ0n) is 10.6. The van der Waals surface area contributed by atoms with Gasteiger partial charge in [0, 0.05) is 24.0 Å². The summed E-state index contributed by atoms with van der Waals surface area (Å²) in [7, 11) is 0. The molecule has 1 aliphatic rings. The lowest BCUT2D eigenvalue weighted by Gasteiger charge is -2.35. The van der Waals surface area contributed by atoms with Gasteiger partial charge in [-0.05, 0) is 30.5 Å². The van der Waals surface area contributed by atoms with Crippen LogP contribution in [0.15, 0.2) is 24.3 Å². The van der Waals surface area contributed by atoms with Gasteiger partial charge in [-0.2, -0.15) is 0 Å². The van der Waals surface area contributed by atoms with E-state index in [0.717, 1.165) is 12.0 Å². The molecule has 1 aromatic carbocycles. The molecule has 1 heterocycles. The van der Waals surface area contributed by atoms with Crippen LogP contribution >= 0.6 is 11.6 Å². The lowest BCUT2D eigenvalue weighted by atomic mass is 9.89. The molecule has 0 amide bonds. The second-order valence-electron chi connectivity index (χ2n) is 5.08. The fraction of sp³-hybridized carbons (Fsp3) is 0.500. The van der Waals surface area contributed by atoms with E-state index in [1.165, 1.54) is 0 Å². The highest BCUT2D eigenvalue weighted by molar-refractivity contribution is 6.30. The number of hydrogen-bond acceptors (Lipinski definition) is 3. The predicted molar refractivity (Wildman–Crippen MR) is 73.3 cm³/mol. The van der Waals surface area contributed by atoms with Gasteiger partial charge in [0.15, 0.2) is 0 Å². The number of benzene rings is 1. The van der Waals surface area contributed by atoms with Crippen molar-refractivity contribution in [2.45, 2.75) is 18.9 Å². The van der Waals surface area contributed by atoms with E-state index < -0.39 is 5.97 Å². The van der Waals surface area contributed by atoms with Crippen molar-refractivity contribution in [3.63, 3.8) is 0 Å². The molecule has 2 N–H and O–H groups in total. The van der Waals surface area contributed by atoms with E-state index in [1.54, 1.807) is 0 Å². The van der Waals surface area contributed by atoms with Crippen LogP contribution in [0.3, 0.4) is 0 Å². The molecule has 1 aromatic rings. The van der Waals surface area contributed by atoms with Crippen LogP contribution in [-0.2, 0) is 11.2 Å². The summed E-state index contributed by atoms with van der Waals surface area (Å²) in [6.07, 6.45) is 1.01. The third-order valence-electron chi connectivity index (χ3n) is 3.55. The number of hydrogen-bond donors (Lipinski definition) is 2. The van der Waals surface area contributed by atoms with E-state index in [2.05, 4.69) is 0 Å². The summed E-state index contributed by atoms with van der Waals surface area (Å²) in [4.78, 5) is 12.6. The van der Waals surface area contributed by atoms with Crippen molar-refractivity contribution in [2.24, 2.45) is 5.92 Å². The Morgan fingerprint density at radius 3 is 2.68 bits per heavy atom. The topological polar surface area (TPSA) is 60.8 Å². The number of carboxylic acids is 1. The zero-order valence-corrected chi connectivity index (χ0v) is 11.4. The molecule has 1 fully saturated rings. The van der Waals surface area contributed by atoms with Crippen molar-refractivity contribution < 1.29 is 15.0 Å². The van der Waals surface area contributed by atoms with Gasteiger partial charge in [-0.3, -0.25) is 9.69 Å². The molecule has 104 valence electrons. The van der Waals surface area contributed by atoms with Gasteiger partial charge in [-0.25, -0.2) is 0 Å². The van der Waals surface area contributed by atoms with E-state index in [9.17, 15) is 9.90 Å². The van der Waals surface area contributed by atoms with Gasteiger partial charge in [0.1, 0.15) is 0 Å². The molecule has 0 aliphatic carbocycles. The Kier molecular flexibility index (Phi) is 4.80. The summed E-state index contributed by atoms with van der Waals surface area (Å²) < 4.78 is 0. The molecular weight excluding hydrogens is 266 g/mol. The van der Waals surface area contributed by atoms with Crippen molar-refractivity contribution in [3.05, 3.63) is 34.9 Å². The minimum Gasteiger partial charge on any atom is -0.480 e. The highest BCUT2D eigenvalue weighted by atomic mass is 35.5. The fourth-order valence-electron chi connectivity index (χ4n) is 2.55. The molecule has 0 unspecified atom stereocenters. The predicted octanol–water partition coefficient (Wildman–Crippen LogP) is 1.65. The Morgan fingerprint density at radius 1 is 1.37 bits per heavy atom. The van der Waals surface area contributed by atoms with Crippen LogP contribution in [0.25, 0.3) is 0 Å². The number of halogens is 1. The average Bonchev–Trinajstić information content (AvgIpc) is 2.35. The first-order chi connectivity index (χ1) is 9.04. The summed E-state index contributed by atoms with van der Waals surface area (Å²) in [5, 5.41) is 19.6. The van der Waals surface area contributed by atoms with Crippen LogP contribution in [0.2, 0.25) is 5.02 Å². The zero-order chi connectivity index (χ0) is 13.8. The molecule has 2 atom stereocenters. The summed E-state index contributed by atoms with van der Waals surface area (Å²) in [6, 6.07) is 7.57. The lowest BCUT2D eigenvalue weighted by Crippen LogP contribution is -2.45. The maximum absolute atomic E-state index is 10.7. The molecular formula is C14H18ClNO3. The first-order valence-corrected chi connectivity index (χ1v) is 6.79. The SMILES string of the molecule is O=C(O)CN1CC[C@@H](O)[C@H](Cc2ccc(Cl)cc2)C1. The Balaban J connectivity index is 1.97. The normalized spacial score (nSPS) is 24.3. The second kappa shape index (κ2) is 6.37. The van der Waals surface area contributed by atoms with Gasteiger partial charge in [-0.1, -0.05) is 23.7 Å². The molecule has 2 rings (SSSR count). The van der Waals surface area contributed by atoms with E-state index in [1.807, 2.05) is 29.2 Å². The Hall–Kier alpha value is -1.10. The summed E-state index contributed by atoms with van der Waals surface area (Å²) in [6.45, 7) is 1.31. The van der Waals surface area contributed by atoms with Crippen molar-refractivity contribution >= 4 is 17.6 Å². The summed E-state index contributed by atoms with van der Waals surface area (Å²) >= 11 is 5.84. The Labute approximate surface area is 117 Å². The van der Waals surface area contributed by atoms with Crippen LogP contribution < -0.4 is 0 Å². The van der Waals surface area contributed by atoms with Crippen LogP contribution in [0, 0.1) is 5.92 Å². The van der Waals surface area contributed by atoms with E-state index in [0.29, 0.717) is 24.5 Å². The quantitative estimate of drug-likeness (QED) is 0.882. The van der Waals surface area contributed by atoms with Crippen molar-refractivity contribution in [3.8, 4) is 0 Å². The molecule has 5 heteroatoms. The molecule has 0 spiro atoms.